The first-order valence-electron chi connectivity index (χ1n) is 6.93. The summed E-state index contributed by atoms with van der Waals surface area (Å²) < 4.78 is 16.1. The van der Waals surface area contributed by atoms with Crippen LogP contribution in [0.15, 0.2) is 42.5 Å². The first-order valence-corrected chi connectivity index (χ1v) is 6.93. The van der Waals surface area contributed by atoms with E-state index in [2.05, 4.69) is 0 Å². The van der Waals surface area contributed by atoms with E-state index in [1.807, 2.05) is 42.5 Å². The Hall–Kier alpha value is -2.69. The van der Waals surface area contributed by atoms with Gasteiger partial charge in [0.25, 0.3) is 0 Å². The van der Waals surface area contributed by atoms with Gasteiger partial charge in [-0.05, 0) is 23.8 Å². The van der Waals surface area contributed by atoms with Crippen LogP contribution in [0.1, 0.15) is 23.5 Å². The number of hydrogen-bond acceptors (Lipinski definition) is 4. The van der Waals surface area contributed by atoms with Crippen LogP contribution in [0.5, 0.6) is 17.2 Å². The molecule has 0 bridgehead atoms. The fraction of sp³-hybridized carbons (Fsp3) is 0.235. The largest absolute Gasteiger partial charge is 0.496 e. The van der Waals surface area contributed by atoms with E-state index >= 15 is 0 Å². The van der Waals surface area contributed by atoms with Gasteiger partial charge in [0.2, 0.25) is 6.79 Å². The van der Waals surface area contributed by atoms with E-state index in [1.165, 1.54) is 0 Å². The average Bonchev–Trinajstić information content (AvgIpc) is 3.00. The van der Waals surface area contributed by atoms with Crippen molar-refractivity contribution in [1.29, 1.82) is 0 Å². The first kappa shape index (κ1) is 14.3. The quantitative estimate of drug-likeness (QED) is 0.919. The van der Waals surface area contributed by atoms with Crippen LogP contribution in [0.25, 0.3) is 0 Å². The molecule has 114 valence electrons. The van der Waals surface area contributed by atoms with E-state index in [0.29, 0.717) is 17.2 Å². The van der Waals surface area contributed by atoms with Crippen molar-refractivity contribution in [2.45, 2.75) is 12.3 Å². The first-order chi connectivity index (χ1) is 10.7. The van der Waals surface area contributed by atoms with Crippen LogP contribution >= 0.6 is 0 Å². The predicted octanol–water partition coefficient (Wildman–Crippen LogP) is 3.03. The van der Waals surface area contributed by atoms with Gasteiger partial charge in [0, 0.05) is 11.5 Å². The zero-order chi connectivity index (χ0) is 15.5. The van der Waals surface area contributed by atoms with Crippen molar-refractivity contribution in [1.82, 2.24) is 0 Å². The van der Waals surface area contributed by atoms with E-state index in [-0.39, 0.29) is 19.1 Å². The number of fused-ring (bicyclic) bond motifs is 1. The molecular weight excluding hydrogens is 284 g/mol. The fourth-order valence-corrected chi connectivity index (χ4v) is 2.67. The standard InChI is InChI=1S/C17H16O5/c1-20-14-5-3-2-4-12(14)13(9-17(18)19)11-6-7-15-16(8-11)22-10-21-15/h2-8,13H,9-10H2,1H3,(H,18,19)/t13-/m0/s1. The smallest absolute Gasteiger partial charge is 0.304 e. The van der Waals surface area contributed by atoms with E-state index in [0.717, 1.165) is 11.1 Å². The molecule has 5 heteroatoms. The molecule has 0 spiro atoms. The Balaban J connectivity index is 2.04. The van der Waals surface area contributed by atoms with Crippen molar-refractivity contribution in [2.24, 2.45) is 0 Å². The maximum atomic E-state index is 11.3. The third-order valence-electron chi connectivity index (χ3n) is 3.69. The van der Waals surface area contributed by atoms with Gasteiger partial charge < -0.3 is 19.3 Å². The molecule has 0 saturated heterocycles. The van der Waals surface area contributed by atoms with Crippen molar-refractivity contribution in [3.05, 3.63) is 53.6 Å². The Morgan fingerprint density at radius 2 is 2.00 bits per heavy atom. The van der Waals surface area contributed by atoms with Gasteiger partial charge in [0.1, 0.15) is 5.75 Å². The third kappa shape index (κ3) is 2.70. The van der Waals surface area contributed by atoms with Crippen molar-refractivity contribution >= 4 is 5.97 Å². The normalized spacial score (nSPS) is 13.7. The Labute approximate surface area is 128 Å². The minimum absolute atomic E-state index is 0.0278. The number of methoxy groups -OCH3 is 1. The predicted molar refractivity (Wildman–Crippen MR) is 79.7 cm³/mol. The Morgan fingerprint density at radius 3 is 2.77 bits per heavy atom. The summed E-state index contributed by atoms with van der Waals surface area (Å²) in [5.41, 5.74) is 1.70. The van der Waals surface area contributed by atoms with E-state index in [9.17, 15) is 9.90 Å². The van der Waals surface area contributed by atoms with E-state index in [1.54, 1.807) is 7.11 Å². The molecule has 0 unspecified atom stereocenters. The van der Waals surface area contributed by atoms with Gasteiger partial charge in [-0.1, -0.05) is 24.3 Å². The van der Waals surface area contributed by atoms with Crippen molar-refractivity contribution in [2.75, 3.05) is 13.9 Å². The second-order valence-electron chi connectivity index (χ2n) is 5.01. The summed E-state index contributed by atoms with van der Waals surface area (Å²) in [6, 6.07) is 13.0. The highest BCUT2D eigenvalue weighted by molar-refractivity contribution is 5.69. The lowest BCUT2D eigenvalue weighted by atomic mass is 9.87. The summed E-state index contributed by atoms with van der Waals surface area (Å²) in [4.78, 5) is 11.3. The summed E-state index contributed by atoms with van der Waals surface area (Å²) in [6.45, 7) is 0.192. The maximum Gasteiger partial charge on any atom is 0.304 e. The van der Waals surface area contributed by atoms with Gasteiger partial charge in [-0.15, -0.1) is 0 Å². The minimum atomic E-state index is -0.867. The molecular formula is C17H16O5. The molecule has 2 aromatic carbocycles. The number of benzene rings is 2. The lowest BCUT2D eigenvalue weighted by Gasteiger charge is -2.19. The molecule has 2 aromatic rings. The second-order valence-corrected chi connectivity index (χ2v) is 5.01. The lowest BCUT2D eigenvalue weighted by molar-refractivity contribution is -0.137. The molecule has 0 amide bonds. The molecule has 1 atom stereocenters. The van der Waals surface area contributed by atoms with Gasteiger partial charge in [0.15, 0.2) is 11.5 Å². The van der Waals surface area contributed by atoms with Crippen LogP contribution in [-0.4, -0.2) is 25.0 Å². The SMILES string of the molecule is COc1ccccc1[C@@H](CC(=O)O)c1ccc2c(c1)OCO2. The van der Waals surface area contributed by atoms with Gasteiger partial charge >= 0.3 is 5.97 Å². The summed E-state index contributed by atoms with van der Waals surface area (Å²) in [7, 11) is 1.58. The number of ether oxygens (including phenoxy) is 3. The number of hydrogen-bond donors (Lipinski definition) is 1. The van der Waals surface area contributed by atoms with Crippen molar-refractivity contribution in [3.8, 4) is 17.2 Å². The molecule has 1 heterocycles. The minimum Gasteiger partial charge on any atom is -0.496 e. The summed E-state index contributed by atoms with van der Waals surface area (Å²) in [6.07, 6.45) is -0.0278. The number of carbonyl (C=O) groups is 1. The Morgan fingerprint density at radius 1 is 1.23 bits per heavy atom. The van der Waals surface area contributed by atoms with Crippen LogP contribution in [0.3, 0.4) is 0 Å². The molecule has 1 N–H and O–H groups in total. The highest BCUT2D eigenvalue weighted by atomic mass is 16.7. The van der Waals surface area contributed by atoms with E-state index in [4.69, 9.17) is 14.2 Å². The number of carboxylic acids is 1. The highest BCUT2D eigenvalue weighted by Crippen LogP contribution is 2.39. The van der Waals surface area contributed by atoms with Gasteiger partial charge in [-0.2, -0.15) is 0 Å². The van der Waals surface area contributed by atoms with Crippen LogP contribution in [-0.2, 0) is 4.79 Å². The molecule has 5 nitrogen and oxygen atoms in total. The number of carboxylic acid groups (broad SMARTS) is 1. The van der Waals surface area contributed by atoms with E-state index < -0.39 is 5.97 Å². The van der Waals surface area contributed by atoms with Gasteiger partial charge in [0.05, 0.1) is 13.5 Å². The number of rotatable bonds is 5. The summed E-state index contributed by atoms with van der Waals surface area (Å²) >= 11 is 0. The zero-order valence-corrected chi connectivity index (χ0v) is 12.1. The molecule has 0 radical (unpaired) electrons. The van der Waals surface area contributed by atoms with Crippen molar-refractivity contribution < 1.29 is 24.1 Å². The van der Waals surface area contributed by atoms with Crippen LogP contribution in [0.2, 0.25) is 0 Å². The Bertz CT molecular complexity index is 695. The fourth-order valence-electron chi connectivity index (χ4n) is 2.67. The average molecular weight is 300 g/mol. The van der Waals surface area contributed by atoms with Crippen LogP contribution in [0, 0.1) is 0 Å². The second kappa shape index (κ2) is 5.97. The van der Waals surface area contributed by atoms with Crippen molar-refractivity contribution in [3.63, 3.8) is 0 Å². The lowest BCUT2D eigenvalue weighted by Crippen LogP contribution is -2.09. The van der Waals surface area contributed by atoms with Gasteiger partial charge in [-0.25, -0.2) is 0 Å². The summed E-state index contributed by atoms with van der Waals surface area (Å²) in [5, 5.41) is 9.27. The maximum absolute atomic E-state index is 11.3. The molecule has 1 aliphatic rings. The van der Waals surface area contributed by atoms with Crippen LogP contribution in [0.4, 0.5) is 0 Å². The monoisotopic (exact) mass is 300 g/mol. The third-order valence-corrected chi connectivity index (χ3v) is 3.69. The molecule has 3 rings (SSSR count). The molecule has 0 aromatic heterocycles. The zero-order valence-electron chi connectivity index (χ0n) is 12.1. The molecule has 0 aliphatic carbocycles. The highest BCUT2D eigenvalue weighted by Gasteiger charge is 2.23. The van der Waals surface area contributed by atoms with Crippen LogP contribution < -0.4 is 14.2 Å². The number of aliphatic carboxylic acids is 1. The molecule has 0 saturated carbocycles. The molecule has 22 heavy (non-hydrogen) atoms. The molecule has 1 aliphatic heterocycles. The number of para-hydroxylation sites is 1. The Kier molecular flexibility index (Phi) is 3.87. The van der Waals surface area contributed by atoms with Gasteiger partial charge in [-0.3, -0.25) is 4.79 Å². The molecule has 0 fully saturated rings. The summed E-state index contributed by atoms with van der Waals surface area (Å²) in [5.74, 6) is 0.809. The topological polar surface area (TPSA) is 65.0 Å².